The molecule has 0 bridgehead atoms. The largest absolute Gasteiger partial charge is 0.355 e. The zero-order chi connectivity index (χ0) is 16.9. The lowest BCUT2D eigenvalue weighted by molar-refractivity contribution is 1.07. The van der Waals surface area contributed by atoms with Crippen LogP contribution in [0.3, 0.4) is 0 Å². The van der Waals surface area contributed by atoms with Gasteiger partial charge in [0.15, 0.2) is 0 Å². The molecular formula is C16H19N5OS2. The van der Waals surface area contributed by atoms with Crippen molar-refractivity contribution in [3.8, 4) is 10.4 Å². The number of anilines is 1. The summed E-state index contributed by atoms with van der Waals surface area (Å²) in [5, 5.41) is 3.15. The van der Waals surface area contributed by atoms with Crippen LogP contribution in [0.25, 0.3) is 10.4 Å². The molecule has 0 radical (unpaired) electrons. The van der Waals surface area contributed by atoms with Gasteiger partial charge in [0.2, 0.25) is 5.95 Å². The Morgan fingerprint density at radius 2 is 2.17 bits per heavy atom. The molecule has 0 amide bonds. The van der Waals surface area contributed by atoms with Gasteiger partial charge < -0.3 is 10.3 Å². The van der Waals surface area contributed by atoms with Crippen molar-refractivity contribution in [2.24, 2.45) is 0 Å². The maximum atomic E-state index is 12.2. The number of hydrogen-bond donors (Lipinski definition) is 3. The number of H-pyrrole nitrogens is 2. The molecule has 126 valence electrons. The first kappa shape index (κ1) is 16.8. The van der Waals surface area contributed by atoms with Crippen LogP contribution < -0.4 is 10.9 Å². The van der Waals surface area contributed by atoms with E-state index in [0.29, 0.717) is 11.5 Å². The average Bonchev–Trinajstić information content (AvgIpc) is 3.16. The van der Waals surface area contributed by atoms with E-state index in [1.165, 1.54) is 4.88 Å². The maximum Gasteiger partial charge on any atom is 0.260 e. The summed E-state index contributed by atoms with van der Waals surface area (Å²) >= 11 is 3.38. The van der Waals surface area contributed by atoms with Gasteiger partial charge in [0.25, 0.3) is 5.56 Å². The first-order valence-corrected chi connectivity index (χ1v) is 9.57. The van der Waals surface area contributed by atoms with E-state index in [0.717, 1.165) is 34.3 Å². The maximum absolute atomic E-state index is 12.2. The number of thioether (sulfide) groups is 1. The quantitative estimate of drug-likeness (QED) is 0.563. The highest BCUT2D eigenvalue weighted by molar-refractivity contribution is 7.98. The van der Waals surface area contributed by atoms with Crippen molar-refractivity contribution in [3.05, 3.63) is 51.3 Å². The van der Waals surface area contributed by atoms with E-state index in [1.807, 2.05) is 26.0 Å². The van der Waals surface area contributed by atoms with Crippen LogP contribution in [0.15, 0.2) is 29.5 Å². The van der Waals surface area contributed by atoms with Crippen molar-refractivity contribution < 1.29 is 0 Å². The van der Waals surface area contributed by atoms with E-state index in [1.54, 1.807) is 35.6 Å². The van der Waals surface area contributed by atoms with E-state index < -0.39 is 0 Å². The van der Waals surface area contributed by atoms with Gasteiger partial charge in [0.05, 0.1) is 17.6 Å². The number of aromatic nitrogens is 4. The molecule has 0 saturated carbocycles. The number of hydrogen-bond acceptors (Lipinski definition) is 6. The van der Waals surface area contributed by atoms with Gasteiger partial charge in [-0.15, -0.1) is 11.3 Å². The number of rotatable bonds is 7. The normalized spacial score (nSPS) is 10.9. The van der Waals surface area contributed by atoms with Gasteiger partial charge >= 0.3 is 0 Å². The highest BCUT2D eigenvalue weighted by Gasteiger charge is 2.07. The smallest absolute Gasteiger partial charge is 0.260 e. The van der Waals surface area contributed by atoms with Crippen LogP contribution in [0.4, 0.5) is 5.95 Å². The summed E-state index contributed by atoms with van der Waals surface area (Å²) in [6.45, 7) is 4.77. The molecule has 6 nitrogen and oxygen atoms in total. The Labute approximate surface area is 148 Å². The summed E-state index contributed by atoms with van der Waals surface area (Å²) in [6.07, 6.45) is 3.35. The lowest BCUT2D eigenvalue weighted by atomic mass is 10.3. The van der Waals surface area contributed by atoms with E-state index in [4.69, 9.17) is 0 Å². The molecule has 3 aromatic rings. The predicted octanol–water partition coefficient (Wildman–Crippen LogP) is 3.18. The Morgan fingerprint density at radius 3 is 2.83 bits per heavy atom. The van der Waals surface area contributed by atoms with Crippen LogP contribution in [0.1, 0.15) is 16.3 Å². The van der Waals surface area contributed by atoms with Gasteiger partial charge in [0.1, 0.15) is 0 Å². The molecule has 0 aliphatic heterocycles. The van der Waals surface area contributed by atoms with E-state index >= 15 is 0 Å². The van der Waals surface area contributed by atoms with Crippen LogP contribution in [-0.2, 0) is 5.75 Å². The molecule has 3 N–H and O–H groups in total. The Kier molecular flexibility index (Phi) is 5.37. The van der Waals surface area contributed by atoms with Crippen LogP contribution >= 0.6 is 23.1 Å². The van der Waals surface area contributed by atoms with Crippen LogP contribution in [-0.4, -0.2) is 32.2 Å². The van der Waals surface area contributed by atoms with Gasteiger partial charge in [-0.3, -0.25) is 9.78 Å². The van der Waals surface area contributed by atoms with E-state index in [9.17, 15) is 4.79 Å². The van der Waals surface area contributed by atoms with Crippen molar-refractivity contribution >= 4 is 29.0 Å². The van der Waals surface area contributed by atoms with E-state index in [-0.39, 0.29) is 5.56 Å². The van der Waals surface area contributed by atoms with Gasteiger partial charge in [-0.2, -0.15) is 11.8 Å². The molecule has 3 aromatic heterocycles. The fourth-order valence-corrected chi connectivity index (χ4v) is 3.93. The Bertz CT molecular complexity index is 867. The Morgan fingerprint density at radius 1 is 1.29 bits per heavy atom. The minimum atomic E-state index is -0.117. The second-order valence-corrected chi connectivity index (χ2v) is 7.73. The first-order chi connectivity index (χ1) is 11.6. The minimum Gasteiger partial charge on any atom is -0.355 e. The highest BCUT2D eigenvalue weighted by Crippen LogP contribution is 2.24. The van der Waals surface area contributed by atoms with Gasteiger partial charge in [0, 0.05) is 39.7 Å². The van der Waals surface area contributed by atoms with Crippen molar-refractivity contribution in [3.63, 3.8) is 0 Å². The lowest BCUT2D eigenvalue weighted by Gasteiger charge is -2.05. The molecule has 0 fully saturated rings. The third-order valence-electron chi connectivity index (χ3n) is 3.52. The van der Waals surface area contributed by atoms with Crippen molar-refractivity contribution in [2.45, 2.75) is 19.6 Å². The van der Waals surface area contributed by atoms with Crippen LogP contribution in [0, 0.1) is 13.8 Å². The number of thiophene rings is 1. The zero-order valence-corrected chi connectivity index (χ0v) is 15.2. The molecule has 0 aromatic carbocycles. The van der Waals surface area contributed by atoms with Crippen LogP contribution in [0.5, 0.6) is 0 Å². The van der Waals surface area contributed by atoms with Crippen molar-refractivity contribution in [1.82, 2.24) is 19.9 Å². The summed E-state index contributed by atoms with van der Waals surface area (Å²) in [4.78, 5) is 28.7. The number of imidazole rings is 1. The number of aromatic amines is 2. The Hall–Kier alpha value is -2.06. The SMILES string of the molecule is Cc1ccc(-c2cnc(NCCSCc3nc[nH]c3C)[nH]c2=O)s1. The second-order valence-electron chi connectivity index (χ2n) is 5.34. The third kappa shape index (κ3) is 4.07. The summed E-state index contributed by atoms with van der Waals surface area (Å²) in [5.74, 6) is 2.29. The standard InChI is InChI=1S/C16H19N5OS2/c1-10-3-4-14(24-10)12-7-18-16(21-15(12)22)17-5-6-23-8-13-11(2)19-9-20-13/h3-4,7,9H,5-6,8H2,1-2H3,(H,19,20)(H2,17,18,21,22). The topological polar surface area (TPSA) is 86.5 Å². The summed E-state index contributed by atoms with van der Waals surface area (Å²) < 4.78 is 0. The monoisotopic (exact) mass is 361 g/mol. The number of nitrogens with one attached hydrogen (secondary N) is 3. The van der Waals surface area contributed by atoms with Gasteiger partial charge in [-0.1, -0.05) is 0 Å². The molecule has 3 heterocycles. The second kappa shape index (κ2) is 7.67. The molecule has 0 spiro atoms. The van der Waals surface area contributed by atoms with Crippen LogP contribution in [0.2, 0.25) is 0 Å². The molecule has 3 rings (SSSR count). The summed E-state index contributed by atoms with van der Waals surface area (Å²) in [7, 11) is 0. The van der Waals surface area contributed by atoms with Crippen molar-refractivity contribution in [1.29, 1.82) is 0 Å². The lowest BCUT2D eigenvalue weighted by Crippen LogP contribution is -2.15. The zero-order valence-electron chi connectivity index (χ0n) is 13.5. The molecule has 24 heavy (non-hydrogen) atoms. The first-order valence-electron chi connectivity index (χ1n) is 7.60. The van der Waals surface area contributed by atoms with Crippen molar-refractivity contribution in [2.75, 3.05) is 17.6 Å². The van der Waals surface area contributed by atoms with Gasteiger partial charge in [-0.25, -0.2) is 9.97 Å². The third-order valence-corrected chi connectivity index (χ3v) is 5.52. The molecular weight excluding hydrogens is 342 g/mol. The molecule has 0 saturated heterocycles. The van der Waals surface area contributed by atoms with Gasteiger partial charge in [-0.05, 0) is 26.0 Å². The molecule has 0 aliphatic carbocycles. The highest BCUT2D eigenvalue weighted by atomic mass is 32.2. The number of aryl methyl sites for hydroxylation is 2. The summed E-state index contributed by atoms with van der Waals surface area (Å²) in [5.41, 5.74) is 2.69. The molecule has 0 atom stereocenters. The predicted molar refractivity (Wildman–Crippen MR) is 101 cm³/mol. The molecule has 0 unspecified atom stereocenters. The fraction of sp³-hybridized carbons (Fsp3) is 0.312. The Balaban J connectivity index is 1.50. The fourth-order valence-electron chi connectivity index (χ4n) is 2.18. The minimum absolute atomic E-state index is 0.117. The molecule has 0 aliphatic rings. The molecule has 8 heteroatoms. The summed E-state index contributed by atoms with van der Waals surface area (Å²) in [6, 6.07) is 3.96. The average molecular weight is 361 g/mol. The number of nitrogens with zero attached hydrogens (tertiary/aromatic N) is 2. The van der Waals surface area contributed by atoms with E-state index in [2.05, 4.69) is 25.3 Å².